The first-order valence-corrected chi connectivity index (χ1v) is 11.0. The summed E-state index contributed by atoms with van der Waals surface area (Å²) in [5.74, 6) is -0.0220. The van der Waals surface area contributed by atoms with E-state index in [0.717, 1.165) is 22.6 Å². The Morgan fingerprint density at radius 3 is 2.47 bits per heavy atom. The molecule has 0 spiro atoms. The summed E-state index contributed by atoms with van der Waals surface area (Å²) in [6.07, 6.45) is 1.63. The van der Waals surface area contributed by atoms with E-state index < -0.39 is 0 Å². The zero-order valence-corrected chi connectivity index (χ0v) is 19.4. The lowest BCUT2D eigenvalue weighted by Crippen LogP contribution is -2.26. The van der Waals surface area contributed by atoms with E-state index >= 15 is 0 Å². The lowest BCUT2D eigenvalue weighted by Gasteiger charge is -2.19. The van der Waals surface area contributed by atoms with Gasteiger partial charge in [-0.25, -0.2) is 4.68 Å². The Morgan fingerprint density at radius 1 is 1.03 bits per heavy atom. The Bertz CT molecular complexity index is 1310. The minimum Gasteiger partial charge on any atom is -0.507 e. The number of aromatic nitrogens is 2. The number of aryl methyl sites for hydroxylation is 1. The molecule has 0 saturated carbocycles. The molecule has 4 rings (SSSR count). The number of phenols is 2. The Balaban J connectivity index is 1.64. The maximum atomic E-state index is 13.2. The van der Waals surface area contributed by atoms with Crippen LogP contribution in [0, 0.1) is 6.92 Å². The molecule has 7 nitrogen and oxygen atoms in total. The molecule has 0 fully saturated rings. The van der Waals surface area contributed by atoms with Crippen LogP contribution in [-0.2, 0) is 6.54 Å². The number of carbonyl (C=O) groups excluding carboxylic acids is 1. The molecule has 174 valence electrons. The van der Waals surface area contributed by atoms with Crippen LogP contribution in [0.4, 0.5) is 0 Å². The molecule has 2 N–H and O–H groups in total. The molecule has 0 aliphatic carbocycles. The SMILES string of the molecule is CCOc1ccc(CN(C)C(=O)c2cc(-c3ccnn3-c3ccccc3C)c(O)cc2O)cc1. The normalized spacial score (nSPS) is 10.8. The Hall–Kier alpha value is -4.26. The first-order chi connectivity index (χ1) is 16.4. The number of aromatic hydroxyl groups is 2. The molecular formula is C27H27N3O4. The smallest absolute Gasteiger partial charge is 0.257 e. The third-order valence-electron chi connectivity index (χ3n) is 5.61. The summed E-state index contributed by atoms with van der Waals surface area (Å²) in [4.78, 5) is 14.7. The van der Waals surface area contributed by atoms with Crippen molar-refractivity contribution in [2.24, 2.45) is 0 Å². The molecule has 0 radical (unpaired) electrons. The maximum absolute atomic E-state index is 13.2. The molecule has 0 aliphatic heterocycles. The number of hydrogen-bond acceptors (Lipinski definition) is 5. The van der Waals surface area contributed by atoms with Crippen LogP contribution in [0.15, 0.2) is 72.9 Å². The van der Waals surface area contributed by atoms with Gasteiger partial charge in [0.05, 0.1) is 29.7 Å². The fourth-order valence-corrected chi connectivity index (χ4v) is 3.86. The molecule has 0 bridgehead atoms. The second-order valence-corrected chi connectivity index (χ2v) is 8.04. The summed E-state index contributed by atoms with van der Waals surface area (Å²) in [6.45, 7) is 4.83. The van der Waals surface area contributed by atoms with Crippen LogP contribution in [-0.4, -0.2) is 44.5 Å². The van der Waals surface area contributed by atoms with Crippen LogP contribution < -0.4 is 4.74 Å². The average Bonchev–Trinajstić information content (AvgIpc) is 3.30. The predicted octanol–water partition coefficient (Wildman–Crippen LogP) is 4.93. The molecule has 4 aromatic rings. The van der Waals surface area contributed by atoms with Gasteiger partial charge < -0.3 is 19.8 Å². The van der Waals surface area contributed by atoms with Crippen molar-refractivity contribution in [2.45, 2.75) is 20.4 Å². The minimum atomic E-state index is -0.366. The maximum Gasteiger partial charge on any atom is 0.257 e. The van der Waals surface area contributed by atoms with Gasteiger partial charge in [-0.2, -0.15) is 5.10 Å². The van der Waals surface area contributed by atoms with Crippen molar-refractivity contribution >= 4 is 5.91 Å². The summed E-state index contributed by atoms with van der Waals surface area (Å²) in [5, 5.41) is 25.5. The van der Waals surface area contributed by atoms with Crippen molar-refractivity contribution in [1.29, 1.82) is 0 Å². The fourth-order valence-electron chi connectivity index (χ4n) is 3.86. The minimum absolute atomic E-state index is 0.0961. The van der Waals surface area contributed by atoms with Gasteiger partial charge in [0.25, 0.3) is 5.91 Å². The Morgan fingerprint density at radius 2 is 1.76 bits per heavy atom. The molecular weight excluding hydrogens is 430 g/mol. The summed E-state index contributed by atoms with van der Waals surface area (Å²) in [6, 6.07) is 19.7. The van der Waals surface area contributed by atoms with Crippen molar-refractivity contribution in [2.75, 3.05) is 13.7 Å². The van der Waals surface area contributed by atoms with Gasteiger partial charge in [-0.3, -0.25) is 4.79 Å². The molecule has 0 atom stereocenters. The van der Waals surface area contributed by atoms with Crippen LogP contribution >= 0.6 is 0 Å². The molecule has 0 aliphatic rings. The summed E-state index contributed by atoms with van der Waals surface area (Å²) in [7, 11) is 1.67. The number of rotatable bonds is 7. The van der Waals surface area contributed by atoms with Crippen molar-refractivity contribution in [3.8, 4) is 34.2 Å². The zero-order chi connectivity index (χ0) is 24.2. The topological polar surface area (TPSA) is 87.8 Å². The average molecular weight is 458 g/mol. The van der Waals surface area contributed by atoms with E-state index in [0.29, 0.717) is 24.4 Å². The highest BCUT2D eigenvalue weighted by Crippen LogP contribution is 2.36. The zero-order valence-electron chi connectivity index (χ0n) is 19.4. The van der Waals surface area contributed by atoms with Crippen molar-refractivity contribution in [3.05, 3.63) is 89.6 Å². The highest BCUT2D eigenvalue weighted by molar-refractivity contribution is 5.98. The number of amides is 1. The number of carbonyl (C=O) groups is 1. The van der Waals surface area contributed by atoms with Gasteiger partial charge in [0.1, 0.15) is 17.2 Å². The summed E-state index contributed by atoms with van der Waals surface area (Å²) < 4.78 is 7.17. The van der Waals surface area contributed by atoms with Gasteiger partial charge in [0, 0.05) is 25.2 Å². The van der Waals surface area contributed by atoms with Crippen LogP contribution in [0.1, 0.15) is 28.4 Å². The number of para-hydroxylation sites is 1. The van der Waals surface area contributed by atoms with E-state index in [2.05, 4.69) is 5.10 Å². The van der Waals surface area contributed by atoms with E-state index in [4.69, 9.17) is 4.74 Å². The van der Waals surface area contributed by atoms with Gasteiger partial charge in [-0.15, -0.1) is 0 Å². The van der Waals surface area contributed by atoms with Gasteiger partial charge in [-0.05, 0) is 55.3 Å². The van der Waals surface area contributed by atoms with E-state index in [-0.39, 0.29) is 23.0 Å². The third kappa shape index (κ3) is 4.59. The van der Waals surface area contributed by atoms with Gasteiger partial charge in [0.2, 0.25) is 0 Å². The molecule has 3 aromatic carbocycles. The molecule has 1 aromatic heterocycles. The fraction of sp³-hybridized carbons (Fsp3) is 0.185. The monoisotopic (exact) mass is 457 g/mol. The lowest BCUT2D eigenvalue weighted by molar-refractivity contribution is 0.0782. The third-order valence-corrected chi connectivity index (χ3v) is 5.61. The summed E-state index contributed by atoms with van der Waals surface area (Å²) >= 11 is 0. The standard InChI is InChI=1S/C27H27N3O4/c1-4-34-20-11-9-19(10-12-20)17-29(3)27(33)22-15-21(25(31)16-26(22)32)24-13-14-28-30(24)23-8-6-5-7-18(23)2/h5-16,31-32H,4,17H2,1-3H3. The molecule has 1 amide bonds. The number of phenolic OH excluding ortho intramolecular Hbond substituents is 2. The molecule has 7 heteroatoms. The number of nitrogens with zero attached hydrogens (tertiary/aromatic N) is 3. The largest absolute Gasteiger partial charge is 0.507 e. The predicted molar refractivity (Wildman–Crippen MR) is 130 cm³/mol. The van der Waals surface area contributed by atoms with Crippen molar-refractivity contribution in [1.82, 2.24) is 14.7 Å². The van der Waals surface area contributed by atoms with Crippen LogP contribution in [0.2, 0.25) is 0 Å². The van der Waals surface area contributed by atoms with E-state index in [9.17, 15) is 15.0 Å². The molecule has 1 heterocycles. The highest BCUT2D eigenvalue weighted by Gasteiger charge is 2.21. The van der Waals surface area contributed by atoms with Gasteiger partial charge >= 0.3 is 0 Å². The second-order valence-electron chi connectivity index (χ2n) is 8.04. The number of ether oxygens (including phenoxy) is 1. The van der Waals surface area contributed by atoms with Crippen molar-refractivity contribution < 1.29 is 19.7 Å². The summed E-state index contributed by atoms with van der Waals surface area (Å²) in [5.41, 5.74) is 3.90. The van der Waals surface area contributed by atoms with E-state index in [1.807, 2.05) is 62.4 Å². The Kier molecular flexibility index (Phi) is 6.54. The second kappa shape index (κ2) is 9.70. The van der Waals surface area contributed by atoms with Crippen LogP contribution in [0.3, 0.4) is 0 Å². The first kappa shape index (κ1) is 22.9. The van der Waals surface area contributed by atoms with Gasteiger partial charge in [-0.1, -0.05) is 30.3 Å². The van der Waals surface area contributed by atoms with Crippen molar-refractivity contribution in [3.63, 3.8) is 0 Å². The number of hydrogen-bond donors (Lipinski definition) is 2. The van der Waals surface area contributed by atoms with E-state index in [1.54, 1.807) is 24.0 Å². The Labute approximate surface area is 198 Å². The highest BCUT2D eigenvalue weighted by atomic mass is 16.5. The molecule has 0 unspecified atom stereocenters. The quantitative estimate of drug-likeness (QED) is 0.411. The van der Waals surface area contributed by atoms with E-state index in [1.165, 1.54) is 17.0 Å². The molecule has 0 saturated heterocycles. The number of benzene rings is 3. The van der Waals surface area contributed by atoms with Crippen LogP contribution in [0.25, 0.3) is 16.9 Å². The van der Waals surface area contributed by atoms with Gasteiger partial charge in [0.15, 0.2) is 0 Å². The lowest BCUT2D eigenvalue weighted by atomic mass is 10.0. The van der Waals surface area contributed by atoms with Crippen LogP contribution in [0.5, 0.6) is 17.2 Å². The molecule has 34 heavy (non-hydrogen) atoms. The first-order valence-electron chi connectivity index (χ1n) is 11.0.